The Labute approximate surface area is 236 Å². The molecule has 0 saturated heterocycles. The van der Waals surface area contributed by atoms with Crippen molar-refractivity contribution in [2.24, 2.45) is 5.92 Å². The van der Waals surface area contributed by atoms with E-state index in [0.717, 1.165) is 36.1 Å². The van der Waals surface area contributed by atoms with Crippen molar-refractivity contribution < 1.29 is 19.1 Å². The molecular formula is C30H41ClN4O4. The lowest BCUT2D eigenvalue weighted by Gasteiger charge is -2.32. The molecular weight excluding hydrogens is 516 g/mol. The summed E-state index contributed by atoms with van der Waals surface area (Å²) in [6.45, 7) is 7.07. The van der Waals surface area contributed by atoms with Gasteiger partial charge in [-0.15, -0.1) is 0 Å². The lowest BCUT2D eigenvalue weighted by molar-refractivity contribution is -0.141. The molecule has 3 amide bonds. The van der Waals surface area contributed by atoms with E-state index in [-0.39, 0.29) is 23.6 Å². The first-order chi connectivity index (χ1) is 18.7. The molecule has 3 rings (SSSR count). The molecule has 0 aliphatic carbocycles. The van der Waals surface area contributed by atoms with Crippen LogP contribution in [0.1, 0.15) is 44.7 Å². The number of para-hydroxylation sites is 1. The first-order valence-corrected chi connectivity index (χ1v) is 14.1. The highest BCUT2D eigenvalue weighted by atomic mass is 35.5. The number of ether oxygens (including phenoxy) is 1. The van der Waals surface area contributed by atoms with Crippen LogP contribution < -0.4 is 20.7 Å². The van der Waals surface area contributed by atoms with Gasteiger partial charge in [-0.05, 0) is 55.0 Å². The number of amides is 3. The number of rotatable bonds is 4. The van der Waals surface area contributed by atoms with Crippen LogP contribution in [0.15, 0.2) is 48.5 Å². The summed E-state index contributed by atoms with van der Waals surface area (Å²) in [7, 11) is 1.63. The van der Waals surface area contributed by atoms with Gasteiger partial charge in [0.15, 0.2) is 0 Å². The van der Waals surface area contributed by atoms with Crippen LogP contribution in [-0.4, -0.2) is 67.5 Å². The van der Waals surface area contributed by atoms with Crippen LogP contribution in [0.5, 0.6) is 5.75 Å². The van der Waals surface area contributed by atoms with Crippen LogP contribution in [0.25, 0.3) is 0 Å². The molecule has 0 aromatic heterocycles. The van der Waals surface area contributed by atoms with Gasteiger partial charge in [0.1, 0.15) is 24.4 Å². The molecule has 0 bridgehead atoms. The molecule has 39 heavy (non-hydrogen) atoms. The van der Waals surface area contributed by atoms with E-state index in [1.54, 1.807) is 26.1 Å². The van der Waals surface area contributed by atoms with E-state index < -0.39 is 18.1 Å². The summed E-state index contributed by atoms with van der Waals surface area (Å²) in [5, 5.41) is 9.81. The van der Waals surface area contributed by atoms with E-state index in [1.807, 2.05) is 50.2 Å². The number of halogens is 1. The van der Waals surface area contributed by atoms with Crippen molar-refractivity contribution in [2.75, 3.05) is 26.7 Å². The van der Waals surface area contributed by atoms with Crippen LogP contribution in [0, 0.1) is 5.92 Å². The van der Waals surface area contributed by atoms with E-state index >= 15 is 0 Å². The van der Waals surface area contributed by atoms with Gasteiger partial charge in [-0.2, -0.15) is 0 Å². The largest absolute Gasteiger partial charge is 0.492 e. The zero-order chi connectivity index (χ0) is 28.4. The normalized spacial score (nSPS) is 22.9. The average molecular weight is 557 g/mol. The molecule has 4 atom stereocenters. The van der Waals surface area contributed by atoms with Crippen LogP contribution in [0.2, 0.25) is 5.02 Å². The van der Waals surface area contributed by atoms with Crippen molar-refractivity contribution in [1.82, 2.24) is 20.9 Å². The number of hydrogen-bond acceptors (Lipinski definition) is 5. The number of likely N-dealkylation sites (N-methyl/N-ethyl adjacent to an activating group) is 1. The monoisotopic (exact) mass is 556 g/mol. The fourth-order valence-corrected chi connectivity index (χ4v) is 4.68. The van der Waals surface area contributed by atoms with Crippen molar-refractivity contribution in [3.05, 3.63) is 64.7 Å². The summed E-state index contributed by atoms with van der Waals surface area (Å²) in [4.78, 5) is 41.5. The third-order valence-electron chi connectivity index (χ3n) is 7.39. The Balaban J connectivity index is 1.85. The number of nitrogens with one attached hydrogen (secondary N) is 3. The van der Waals surface area contributed by atoms with Gasteiger partial charge in [0, 0.05) is 31.6 Å². The van der Waals surface area contributed by atoms with E-state index in [2.05, 4.69) is 16.0 Å². The molecule has 3 N–H and O–H groups in total. The van der Waals surface area contributed by atoms with E-state index in [1.165, 1.54) is 4.90 Å². The Kier molecular flexibility index (Phi) is 11.6. The number of aryl methyl sites for hydroxylation is 1. The van der Waals surface area contributed by atoms with Crippen molar-refractivity contribution in [3.63, 3.8) is 0 Å². The van der Waals surface area contributed by atoms with Gasteiger partial charge < -0.3 is 25.6 Å². The van der Waals surface area contributed by atoms with E-state index in [9.17, 15) is 14.4 Å². The number of carbonyl (C=O) groups excluding carboxylic acids is 3. The third-order valence-corrected chi connectivity index (χ3v) is 7.64. The second-order valence-electron chi connectivity index (χ2n) is 10.2. The van der Waals surface area contributed by atoms with Crippen molar-refractivity contribution in [1.29, 1.82) is 0 Å². The molecule has 2 aromatic carbocycles. The predicted octanol–water partition coefficient (Wildman–Crippen LogP) is 3.36. The number of benzene rings is 2. The molecule has 212 valence electrons. The SMILES string of the molecule is CCC(C)[C@@H]1NCCOc2ccccc2CCCNC(=O)[C@@H](Cc2ccc(Cl)cc2)NC(=O)[C@@H](C)N(C)C1=O. The number of carbonyl (C=O) groups is 3. The van der Waals surface area contributed by atoms with Crippen LogP contribution in [-0.2, 0) is 27.2 Å². The zero-order valence-corrected chi connectivity index (χ0v) is 24.1. The van der Waals surface area contributed by atoms with Crippen LogP contribution >= 0.6 is 11.6 Å². The molecule has 0 fully saturated rings. The summed E-state index contributed by atoms with van der Waals surface area (Å²) in [6.07, 6.45) is 2.54. The highest BCUT2D eigenvalue weighted by molar-refractivity contribution is 6.30. The van der Waals surface area contributed by atoms with Gasteiger partial charge in [0.25, 0.3) is 0 Å². The number of hydrogen-bond donors (Lipinski definition) is 3. The minimum absolute atomic E-state index is 0.0523. The summed E-state index contributed by atoms with van der Waals surface area (Å²) in [5.74, 6) is 0.0195. The topological polar surface area (TPSA) is 99.8 Å². The molecule has 8 nitrogen and oxygen atoms in total. The van der Waals surface area contributed by atoms with Gasteiger partial charge in [0.05, 0.1) is 6.04 Å². The maximum absolute atomic E-state index is 13.5. The van der Waals surface area contributed by atoms with Crippen molar-refractivity contribution in [2.45, 2.75) is 64.6 Å². The number of fused-ring (bicyclic) bond motifs is 1. The Morgan fingerprint density at radius 1 is 1.05 bits per heavy atom. The van der Waals surface area contributed by atoms with Crippen molar-refractivity contribution in [3.8, 4) is 5.75 Å². The second-order valence-corrected chi connectivity index (χ2v) is 10.6. The minimum atomic E-state index is -0.803. The van der Waals surface area contributed by atoms with Crippen molar-refractivity contribution >= 4 is 29.3 Å². The standard InChI is InChI=1S/C30H41ClN4O4/c1-5-20(2)27-30(38)35(4)21(3)28(36)34-25(19-22-12-14-24(31)15-13-22)29(37)33-16-8-10-23-9-6-7-11-26(23)39-18-17-32-27/h6-7,9,11-15,20-21,25,27,32H,5,8,10,16-19H2,1-4H3,(H,33,37)(H,34,36)/t20?,21-,25-,27+/m1/s1. The quantitative estimate of drug-likeness (QED) is 0.536. The Morgan fingerprint density at radius 2 is 1.77 bits per heavy atom. The molecule has 0 radical (unpaired) electrons. The lowest BCUT2D eigenvalue weighted by Crippen LogP contribution is -2.57. The molecule has 1 heterocycles. The van der Waals surface area contributed by atoms with Crippen LogP contribution in [0.3, 0.4) is 0 Å². The molecule has 0 saturated carbocycles. The van der Waals surface area contributed by atoms with Gasteiger partial charge in [-0.1, -0.05) is 62.2 Å². The Hall–Kier alpha value is -3.10. The molecule has 2 aromatic rings. The van der Waals surface area contributed by atoms with E-state index in [4.69, 9.17) is 16.3 Å². The molecule has 1 unspecified atom stereocenters. The van der Waals surface area contributed by atoms with Gasteiger partial charge >= 0.3 is 0 Å². The highest BCUT2D eigenvalue weighted by Crippen LogP contribution is 2.20. The maximum Gasteiger partial charge on any atom is 0.243 e. The Bertz CT molecular complexity index is 1110. The molecule has 1 aliphatic heterocycles. The van der Waals surface area contributed by atoms with Gasteiger partial charge in [-0.3, -0.25) is 14.4 Å². The third kappa shape index (κ3) is 8.70. The zero-order valence-electron chi connectivity index (χ0n) is 23.3. The predicted molar refractivity (Wildman–Crippen MR) is 154 cm³/mol. The fourth-order valence-electron chi connectivity index (χ4n) is 4.55. The summed E-state index contributed by atoms with van der Waals surface area (Å²) >= 11 is 6.03. The van der Waals surface area contributed by atoms with Crippen LogP contribution in [0.4, 0.5) is 0 Å². The molecule has 9 heteroatoms. The molecule has 0 spiro atoms. The first kappa shape index (κ1) is 30.4. The fraction of sp³-hybridized carbons (Fsp3) is 0.500. The number of nitrogens with zero attached hydrogens (tertiary/aromatic N) is 1. The summed E-state index contributed by atoms with van der Waals surface area (Å²) in [5.41, 5.74) is 1.92. The Morgan fingerprint density at radius 3 is 2.49 bits per heavy atom. The highest BCUT2D eigenvalue weighted by Gasteiger charge is 2.32. The average Bonchev–Trinajstić information content (AvgIpc) is 2.94. The smallest absolute Gasteiger partial charge is 0.243 e. The van der Waals surface area contributed by atoms with Gasteiger partial charge in [-0.25, -0.2) is 0 Å². The van der Waals surface area contributed by atoms with E-state index in [0.29, 0.717) is 31.1 Å². The minimum Gasteiger partial charge on any atom is -0.492 e. The first-order valence-electron chi connectivity index (χ1n) is 13.7. The summed E-state index contributed by atoms with van der Waals surface area (Å²) < 4.78 is 6.06. The lowest BCUT2D eigenvalue weighted by atomic mass is 9.97. The summed E-state index contributed by atoms with van der Waals surface area (Å²) in [6, 6.07) is 13.0. The van der Waals surface area contributed by atoms with Gasteiger partial charge in [0.2, 0.25) is 17.7 Å². The molecule has 1 aliphatic rings. The second kappa shape index (κ2) is 14.9. The maximum atomic E-state index is 13.5.